The lowest BCUT2D eigenvalue weighted by molar-refractivity contribution is 0.0696. The SMILES string of the molecule is Cc1c(Cl)cc(C(=O)O)cc1S(=O)(=O)N[C@@H](C)c1ncn[nH]1. The van der Waals surface area contributed by atoms with Gasteiger partial charge in [0.15, 0.2) is 0 Å². The number of carboxylic acid groups (broad SMARTS) is 1. The van der Waals surface area contributed by atoms with E-state index in [4.69, 9.17) is 16.7 Å². The molecule has 0 bridgehead atoms. The number of H-pyrrole nitrogens is 1. The number of carboxylic acids is 1. The molecule has 0 aliphatic carbocycles. The van der Waals surface area contributed by atoms with Gasteiger partial charge in [-0.15, -0.1) is 0 Å². The van der Waals surface area contributed by atoms with Gasteiger partial charge in [0.2, 0.25) is 10.0 Å². The van der Waals surface area contributed by atoms with E-state index in [0.717, 1.165) is 6.07 Å². The molecule has 0 saturated carbocycles. The van der Waals surface area contributed by atoms with Crippen LogP contribution in [-0.4, -0.2) is 34.7 Å². The van der Waals surface area contributed by atoms with Crippen molar-refractivity contribution in [2.24, 2.45) is 0 Å². The lowest BCUT2D eigenvalue weighted by Gasteiger charge is -2.14. The van der Waals surface area contributed by atoms with Crippen molar-refractivity contribution in [3.63, 3.8) is 0 Å². The van der Waals surface area contributed by atoms with Gasteiger partial charge in [-0.1, -0.05) is 11.6 Å². The number of nitrogens with zero attached hydrogens (tertiary/aromatic N) is 2. The number of rotatable bonds is 5. The minimum atomic E-state index is -3.98. The molecule has 1 aromatic heterocycles. The monoisotopic (exact) mass is 344 g/mol. The van der Waals surface area contributed by atoms with E-state index < -0.39 is 22.0 Å². The van der Waals surface area contributed by atoms with Gasteiger partial charge in [-0.3, -0.25) is 5.10 Å². The molecule has 10 heteroatoms. The summed E-state index contributed by atoms with van der Waals surface area (Å²) in [6.07, 6.45) is 1.26. The Bertz CT molecular complexity index is 805. The highest BCUT2D eigenvalue weighted by molar-refractivity contribution is 7.89. The molecule has 1 heterocycles. The van der Waals surface area contributed by atoms with Crippen LogP contribution in [0.5, 0.6) is 0 Å². The van der Waals surface area contributed by atoms with Crippen molar-refractivity contribution < 1.29 is 18.3 Å². The van der Waals surface area contributed by atoms with Crippen LogP contribution in [0.15, 0.2) is 23.4 Å². The van der Waals surface area contributed by atoms with E-state index in [9.17, 15) is 13.2 Å². The standard InChI is InChI=1S/C12H13ClN4O4S/c1-6-9(13)3-8(12(18)19)4-10(6)22(20,21)17-7(2)11-14-5-15-16-11/h3-5,7,17H,1-2H3,(H,18,19)(H,14,15,16)/t7-/m0/s1. The average molecular weight is 345 g/mol. The second-order valence-corrected chi connectivity index (χ2v) is 6.69. The summed E-state index contributed by atoms with van der Waals surface area (Å²) >= 11 is 5.92. The molecule has 3 N–H and O–H groups in total. The molecule has 1 aromatic carbocycles. The highest BCUT2D eigenvalue weighted by Gasteiger charge is 2.24. The number of carbonyl (C=O) groups is 1. The number of hydrogen-bond acceptors (Lipinski definition) is 5. The minimum absolute atomic E-state index is 0.0626. The zero-order valence-corrected chi connectivity index (χ0v) is 13.2. The summed E-state index contributed by atoms with van der Waals surface area (Å²) in [6, 6.07) is 1.61. The van der Waals surface area contributed by atoms with E-state index in [1.165, 1.54) is 19.3 Å². The molecule has 2 aromatic rings. The van der Waals surface area contributed by atoms with Gasteiger partial charge in [0, 0.05) is 5.02 Å². The summed E-state index contributed by atoms with van der Waals surface area (Å²) in [5, 5.41) is 15.3. The Labute approximate surface area is 131 Å². The largest absolute Gasteiger partial charge is 0.478 e. The zero-order valence-electron chi connectivity index (χ0n) is 11.7. The van der Waals surface area contributed by atoms with Gasteiger partial charge in [-0.2, -0.15) is 5.10 Å². The quantitative estimate of drug-likeness (QED) is 0.754. The molecule has 2 rings (SSSR count). The molecule has 0 amide bonds. The lowest BCUT2D eigenvalue weighted by Crippen LogP contribution is -2.28. The predicted molar refractivity (Wildman–Crippen MR) is 78.3 cm³/mol. The molecule has 118 valence electrons. The van der Waals surface area contributed by atoms with Crippen LogP contribution >= 0.6 is 11.6 Å². The topological polar surface area (TPSA) is 125 Å². The molecule has 22 heavy (non-hydrogen) atoms. The molecule has 0 fully saturated rings. The van der Waals surface area contributed by atoms with Crippen LogP contribution in [0, 0.1) is 6.92 Å². The molecule has 0 saturated heterocycles. The third kappa shape index (κ3) is 3.26. The molecule has 0 spiro atoms. The number of sulfonamides is 1. The molecule has 8 nitrogen and oxygen atoms in total. The summed E-state index contributed by atoms with van der Waals surface area (Å²) in [4.78, 5) is 14.7. The normalized spacial score (nSPS) is 13.0. The Kier molecular flexibility index (Phi) is 4.50. The van der Waals surface area contributed by atoms with Gasteiger partial charge in [0.25, 0.3) is 0 Å². The van der Waals surface area contributed by atoms with Crippen LogP contribution in [0.2, 0.25) is 5.02 Å². The second-order valence-electron chi connectivity index (χ2n) is 4.60. The number of aromatic carboxylic acids is 1. The zero-order chi connectivity index (χ0) is 16.5. The van der Waals surface area contributed by atoms with Gasteiger partial charge in [-0.05, 0) is 31.5 Å². The number of benzene rings is 1. The smallest absolute Gasteiger partial charge is 0.335 e. The highest BCUT2D eigenvalue weighted by Crippen LogP contribution is 2.26. The molecule has 0 unspecified atom stereocenters. The first kappa shape index (κ1) is 16.4. The second kappa shape index (κ2) is 6.03. The van der Waals surface area contributed by atoms with Crippen LogP contribution in [0.4, 0.5) is 0 Å². The van der Waals surface area contributed by atoms with Crippen molar-refractivity contribution in [2.75, 3.05) is 0 Å². The fourth-order valence-electron chi connectivity index (χ4n) is 1.83. The number of nitrogens with one attached hydrogen (secondary N) is 2. The molecule has 0 aliphatic heterocycles. The van der Waals surface area contributed by atoms with Gasteiger partial charge in [-0.25, -0.2) is 22.9 Å². The Morgan fingerprint density at radius 1 is 1.45 bits per heavy atom. The molecule has 1 atom stereocenters. The van der Waals surface area contributed by atoms with Crippen LogP contribution in [0.1, 0.15) is 34.7 Å². The molecule has 0 aliphatic rings. The van der Waals surface area contributed by atoms with Gasteiger partial charge in [0.1, 0.15) is 12.2 Å². The van der Waals surface area contributed by atoms with E-state index >= 15 is 0 Å². The summed E-state index contributed by atoms with van der Waals surface area (Å²) in [5.74, 6) is -0.927. The third-order valence-electron chi connectivity index (χ3n) is 3.01. The summed E-state index contributed by atoms with van der Waals surface area (Å²) in [7, 11) is -3.98. The van der Waals surface area contributed by atoms with Crippen LogP contribution < -0.4 is 4.72 Å². The number of hydrogen-bond donors (Lipinski definition) is 3. The van der Waals surface area contributed by atoms with E-state index in [2.05, 4.69) is 19.9 Å². The summed E-state index contributed by atoms with van der Waals surface area (Å²) < 4.78 is 27.3. The van der Waals surface area contributed by atoms with Crippen molar-refractivity contribution in [1.82, 2.24) is 19.9 Å². The number of aromatic amines is 1. The van der Waals surface area contributed by atoms with E-state index in [1.807, 2.05) is 0 Å². The highest BCUT2D eigenvalue weighted by atomic mass is 35.5. The van der Waals surface area contributed by atoms with Crippen molar-refractivity contribution in [1.29, 1.82) is 0 Å². The van der Waals surface area contributed by atoms with Crippen LogP contribution in [0.25, 0.3) is 0 Å². The van der Waals surface area contributed by atoms with E-state index in [-0.39, 0.29) is 21.0 Å². The minimum Gasteiger partial charge on any atom is -0.478 e. The maximum atomic E-state index is 12.5. The number of halogens is 1. The first-order valence-corrected chi connectivity index (χ1v) is 7.99. The first-order chi connectivity index (χ1) is 10.2. The fraction of sp³-hybridized carbons (Fsp3) is 0.250. The van der Waals surface area contributed by atoms with Gasteiger partial charge >= 0.3 is 5.97 Å². The molecular formula is C12H13ClN4O4S. The maximum Gasteiger partial charge on any atom is 0.335 e. The van der Waals surface area contributed by atoms with Crippen molar-refractivity contribution in [3.8, 4) is 0 Å². The summed E-state index contributed by atoms with van der Waals surface area (Å²) in [6.45, 7) is 3.08. The Morgan fingerprint density at radius 3 is 2.68 bits per heavy atom. The average Bonchev–Trinajstić information content (AvgIpc) is 2.94. The predicted octanol–water partition coefficient (Wildman–Crippen LogP) is 1.50. The van der Waals surface area contributed by atoms with E-state index in [1.54, 1.807) is 6.92 Å². The molecular weight excluding hydrogens is 332 g/mol. The summed E-state index contributed by atoms with van der Waals surface area (Å²) in [5.41, 5.74) is 0.0622. The third-order valence-corrected chi connectivity index (χ3v) is 5.07. The van der Waals surface area contributed by atoms with Gasteiger partial charge < -0.3 is 5.11 Å². The number of aromatic nitrogens is 3. The van der Waals surface area contributed by atoms with Crippen molar-refractivity contribution in [3.05, 3.63) is 40.4 Å². The molecule has 0 radical (unpaired) electrons. The Morgan fingerprint density at radius 2 is 2.14 bits per heavy atom. The van der Waals surface area contributed by atoms with E-state index in [0.29, 0.717) is 5.82 Å². The van der Waals surface area contributed by atoms with Crippen LogP contribution in [0.3, 0.4) is 0 Å². The van der Waals surface area contributed by atoms with Crippen molar-refractivity contribution in [2.45, 2.75) is 24.8 Å². The fourth-order valence-corrected chi connectivity index (χ4v) is 3.61. The lowest BCUT2D eigenvalue weighted by atomic mass is 10.1. The van der Waals surface area contributed by atoms with Crippen LogP contribution in [-0.2, 0) is 10.0 Å². The van der Waals surface area contributed by atoms with Crippen molar-refractivity contribution >= 4 is 27.6 Å². The maximum absolute atomic E-state index is 12.5. The van der Waals surface area contributed by atoms with Gasteiger partial charge in [0.05, 0.1) is 16.5 Å². The Balaban J connectivity index is 2.43. The first-order valence-electron chi connectivity index (χ1n) is 6.13. The Hall–Kier alpha value is -1.97.